The molecular formula is C13H15ClN2O3. The van der Waals surface area contributed by atoms with E-state index in [0.29, 0.717) is 35.7 Å². The van der Waals surface area contributed by atoms with E-state index in [4.69, 9.17) is 22.4 Å². The number of benzene rings is 1. The predicted molar refractivity (Wildman–Crippen MR) is 72.1 cm³/mol. The van der Waals surface area contributed by atoms with E-state index >= 15 is 0 Å². The van der Waals surface area contributed by atoms with Crippen LogP contribution in [0.25, 0.3) is 0 Å². The first-order valence-corrected chi connectivity index (χ1v) is 6.43. The summed E-state index contributed by atoms with van der Waals surface area (Å²) in [6, 6.07) is 4.66. The molecule has 0 aliphatic carbocycles. The standard InChI is InChI=1S/C13H15ClN2O3/c14-10-4-9(5-11(15)6-10)12(17)16-3-1-2-8(7-16)13(18)19/h4-6,8H,1-3,7,15H2,(H,18,19). The number of hydrogen-bond donors (Lipinski definition) is 2. The molecule has 1 aliphatic rings. The van der Waals surface area contributed by atoms with Crippen molar-refractivity contribution in [1.29, 1.82) is 0 Å². The summed E-state index contributed by atoms with van der Waals surface area (Å²) >= 11 is 5.87. The van der Waals surface area contributed by atoms with Gasteiger partial charge in [0.1, 0.15) is 0 Å². The summed E-state index contributed by atoms with van der Waals surface area (Å²) < 4.78 is 0. The van der Waals surface area contributed by atoms with Crippen LogP contribution in [-0.4, -0.2) is 35.0 Å². The largest absolute Gasteiger partial charge is 0.481 e. The van der Waals surface area contributed by atoms with Crippen molar-refractivity contribution in [3.63, 3.8) is 0 Å². The molecule has 0 radical (unpaired) electrons. The number of hydrogen-bond acceptors (Lipinski definition) is 3. The van der Waals surface area contributed by atoms with Crippen LogP contribution in [0, 0.1) is 5.92 Å². The van der Waals surface area contributed by atoms with Gasteiger partial charge < -0.3 is 15.7 Å². The zero-order valence-electron chi connectivity index (χ0n) is 10.3. The third-order valence-corrected chi connectivity index (χ3v) is 3.44. The minimum absolute atomic E-state index is 0.222. The highest BCUT2D eigenvalue weighted by Crippen LogP contribution is 2.22. The third kappa shape index (κ3) is 3.17. The molecule has 0 bridgehead atoms. The molecule has 1 fully saturated rings. The Balaban J connectivity index is 2.16. The van der Waals surface area contributed by atoms with Gasteiger partial charge in [0.25, 0.3) is 5.91 Å². The van der Waals surface area contributed by atoms with Gasteiger partial charge in [-0.15, -0.1) is 0 Å². The summed E-state index contributed by atoms with van der Waals surface area (Å²) in [6.07, 6.45) is 1.30. The zero-order chi connectivity index (χ0) is 14.0. The van der Waals surface area contributed by atoms with Gasteiger partial charge in [-0.05, 0) is 31.0 Å². The van der Waals surface area contributed by atoms with Gasteiger partial charge >= 0.3 is 5.97 Å². The summed E-state index contributed by atoms with van der Waals surface area (Å²) in [5.41, 5.74) is 6.47. The Morgan fingerprint density at radius 3 is 2.74 bits per heavy atom. The minimum Gasteiger partial charge on any atom is -0.481 e. The van der Waals surface area contributed by atoms with E-state index in [1.165, 1.54) is 0 Å². The molecule has 1 heterocycles. The summed E-state index contributed by atoms with van der Waals surface area (Å²) in [5.74, 6) is -1.57. The van der Waals surface area contributed by atoms with Gasteiger partial charge in [0.15, 0.2) is 0 Å². The SMILES string of the molecule is Nc1cc(Cl)cc(C(=O)N2CCCC(C(=O)O)C2)c1. The molecule has 2 rings (SSSR count). The topological polar surface area (TPSA) is 83.6 Å². The number of carbonyl (C=O) groups is 2. The quantitative estimate of drug-likeness (QED) is 0.811. The van der Waals surface area contributed by atoms with Crippen LogP contribution in [0.2, 0.25) is 5.02 Å². The van der Waals surface area contributed by atoms with E-state index in [1.54, 1.807) is 23.1 Å². The molecule has 1 amide bonds. The number of aliphatic carboxylic acids is 1. The van der Waals surface area contributed by atoms with E-state index in [-0.39, 0.29) is 12.5 Å². The first kappa shape index (κ1) is 13.7. The fourth-order valence-corrected chi connectivity index (χ4v) is 2.53. The van der Waals surface area contributed by atoms with Crippen molar-refractivity contribution in [2.75, 3.05) is 18.8 Å². The Hall–Kier alpha value is -1.75. The lowest BCUT2D eigenvalue weighted by atomic mass is 9.97. The molecule has 1 unspecified atom stereocenters. The Bertz CT molecular complexity index is 498. The Labute approximate surface area is 116 Å². The maximum atomic E-state index is 12.3. The Morgan fingerprint density at radius 1 is 1.37 bits per heavy atom. The number of halogens is 1. The zero-order valence-corrected chi connectivity index (χ0v) is 11.1. The minimum atomic E-state index is -0.858. The van der Waals surface area contributed by atoms with E-state index < -0.39 is 11.9 Å². The van der Waals surface area contributed by atoms with Crippen LogP contribution in [0.1, 0.15) is 23.2 Å². The highest BCUT2D eigenvalue weighted by molar-refractivity contribution is 6.31. The molecular weight excluding hydrogens is 268 g/mol. The van der Waals surface area contributed by atoms with E-state index in [1.807, 2.05) is 0 Å². The second kappa shape index (κ2) is 5.48. The highest BCUT2D eigenvalue weighted by atomic mass is 35.5. The molecule has 1 aromatic rings. The molecule has 6 heteroatoms. The number of carboxylic acids is 1. The van der Waals surface area contributed by atoms with Crippen molar-refractivity contribution in [1.82, 2.24) is 4.90 Å². The van der Waals surface area contributed by atoms with Crippen LogP contribution in [0.4, 0.5) is 5.69 Å². The number of anilines is 1. The average Bonchev–Trinajstić information content (AvgIpc) is 2.37. The summed E-state index contributed by atoms with van der Waals surface area (Å²) in [5, 5.41) is 9.42. The molecule has 5 nitrogen and oxygen atoms in total. The molecule has 1 atom stereocenters. The van der Waals surface area contributed by atoms with Crippen molar-refractivity contribution >= 4 is 29.2 Å². The van der Waals surface area contributed by atoms with E-state index in [2.05, 4.69) is 0 Å². The van der Waals surface area contributed by atoms with Crippen LogP contribution >= 0.6 is 11.6 Å². The molecule has 102 valence electrons. The van der Waals surface area contributed by atoms with Gasteiger partial charge in [0.2, 0.25) is 0 Å². The average molecular weight is 283 g/mol. The van der Waals surface area contributed by atoms with Crippen molar-refractivity contribution in [3.8, 4) is 0 Å². The second-order valence-electron chi connectivity index (χ2n) is 4.70. The molecule has 1 aromatic carbocycles. The van der Waals surface area contributed by atoms with Gasteiger partial charge in [-0.2, -0.15) is 0 Å². The van der Waals surface area contributed by atoms with Gasteiger partial charge in [-0.3, -0.25) is 9.59 Å². The Morgan fingerprint density at radius 2 is 2.11 bits per heavy atom. The van der Waals surface area contributed by atoms with Crippen LogP contribution in [0.5, 0.6) is 0 Å². The number of amides is 1. The van der Waals surface area contributed by atoms with Crippen molar-refractivity contribution in [3.05, 3.63) is 28.8 Å². The van der Waals surface area contributed by atoms with Crippen LogP contribution < -0.4 is 5.73 Å². The monoisotopic (exact) mass is 282 g/mol. The summed E-state index contributed by atoms with van der Waals surface area (Å²) in [6.45, 7) is 0.801. The number of piperidine rings is 1. The number of nitrogens with two attached hydrogens (primary N) is 1. The van der Waals surface area contributed by atoms with Gasteiger partial charge in [-0.1, -0.05) is 11.6 Å². The lowest BCUT2D eigenvalue weighted by Gasteiger charge is -2.30. The highest BCUT2D eigenvalue weighted by Gasteiger charge is 2.28. The van der Waals surface area contributed by atoms with E-state index in [9.17, 15) is 9.59 Å². The lowest BCUT2D eigenvalue weighted by Crippen LogP contribution is -2.42. The number of likely N-dealkylation sites (tertiary alicyclic amines) is 1. The van der Waals surface area contributed by atoms with Crippen molar-refractivity contribution in [2.24, 2.45) is 5.92 Å². The third-order valence-electron chi connectivity index (χ3n) is 3.22. The van der Waals surface area contributed by atoms with Gasteiger partial charge in [-0.25, -0.2) is 0 Å². The molecule has 1 saturated heterocycles. The molecule has 19 heavy (non-hydrogen) atoms. The van der Waals surface area contributed by atoms with E-state index in [0.717, 1.165) is 0 Å². The smallest absolute Gasteiger partial charge is 0.308 e. The number of rotatable bonds is 2. The van der Waals surface area contributed by atoms with Crippen LogP contribution in [0.15, 0.2) is 18.2 Å². The normalized spacial score (nSPS) is 19.2. The molecule has 0 aromatic heterocycles. The van der Waals surface area contributed by atoms with Crippen LogP contribution in [-0.2, 0) is 4.79 Å². The molecule has 3 N–H and O–H groups in total. The molecule has 1 aliphatic heterocycles. The predicted octanol–water partition coefficient (Wildman–Crippen LogP) is 1.86. The van der Waals surface area contributed by atoms with Gasteiger partial charge in [0, 0.05) is 29.4 Å². The van der Waals surface area contributed by atoms with Gasteiger partial charge in [0.05, 0.1) is 5.92 Å². The Kier molecular flexibility index (Phi) is 3.95. The number of carbonyl (C=O) groups excluding carboxylic acids is 1. The number of nitrogen functional groups attached to an aromatic ring is 1. The summed E-state index contributed by atoms with van der Waals surface area (Å²) in [4.78, 5) is 24.8. The molecule has 0 spiro atoms. The van der Waals surface area contributed by atoms with Crippen molar-refractivity contribution in [2.45, 2.75) is 12.8 Å². The lowest BCUT2D eigenvalue weighted by molar-refractivity contribution is -0.143. The maximum Gasteiger partial charge on any atom is 0.308 e. The summed E-state index contributed by atoms with van der Waals surface area (Å²) in [7, 11) is 0. The maximum absolute atomic E-state index is 12.3. The number of nitrogens with zero attached hydrogens (tertiary/aromatic N) is 1. The first-order chi connectivity index (χ1) is 8.97. The second-order valence-corrected chi connectivity index (χ2v) is 5.14. The molecule has 0 saturated carbocycles. The number of carboxylic acid groups (broad SMARTS) is 1. The first-order valence-electron chi connectivity index (χ1n) is 6.05. The van der Waals surface area contributed by atoms with Crippen LogP contribution in [0.3, 0.4) is 0 Å². The van der Waals surface area contributed by atoms with Crippen molar-refractivity contribution < 1.29 is 14.7 Å². The fraction of sp³-hybridized carbons (Fsp3) is 0.385. The fourth-order valence-electron chi connectivity index (χ4n) is 2.28.